The Morgan fingerprint density at radius 1 is 1.24 bits per heavy atom. The van der Waals surface area contributed by atoms with Crippen LogP contribution in [0.5, 0.6) is 0 Å². The van der Waals surface area contributed by atoms with Crippen molar-refractivity contribution in [2.75, 3.05) is 13.6 Å². The minimum Gasteiger partial charge on any atom is -0.335 e. The summed E-state index contributed by atoms with van der Waals surface area (Å²) < 4.78 is 40.9. The first-order chi connectivity index (χ1) is 10.0. The molecule has 1 N–H and O–H groups in total. The second-order valence-electron chi connectivity index (χ2n) is 4.83. The molecule has 0 amide bonds. The Balaban J connectivity index is 2.18. The highest BCUT2D eigenvalue weighted by atomic mass is 19.4. The summed E-state index contributed by atoms with van der Waals surface area (Å²) in [5, 5.41) is 3.05. The Labute approximate surface area is 121 Å². The van der Waals surface area contributed by atoms with Gasteiger partial charge in [-0.25, -0.2) is 4.98 Å². The second-order valence-corrected chi connectivity index (χ2v) is 4.83. The van der Waals surface area contributed by atoms with Crippen LogP contribution in [0.4, 0.5) is 13.2 Å². The van der Waals surface area contributed by atoms with Crippen LogP contribution < -0.4 is 5.32 Å². The van der Waals surface area contributed by atoms with Crippen molar-refractivity contribution in [3.8, 4) is 0 Å². The van der Waals surface area contributed by atoms with E-state index >= 15 is 0 Å². The number of aromatic nitrogens is 2. The molecule has 3 nitrogen and oxygen atoms in total. The van der Waals surface area contributed by atoms with Gasteiger partial charge in [-0.05, 0) is 31.6 Å². The van der Waals surface area contributed by atoms with Gasteiger partial charge in [0.25, 0.3) is 0 Å². The zero-order chi connectivity index (χ0) is 15.3. The molecule has 0 bridgehead atoms. The molecule has 21 heavy (non-hydrogen) atoms. The Kier molecular flexibility index (Phi) is 5.01. The molecular weight excluding hydrogens is 279 g/mol. The van der Waals surface area contributed by atoms with Crippen molar-refractivity contribution in [3.63, 3.8) is 0 Å². The minimum atomic E-state index is -4.33. The van der Waals surface area contributed by atoms with E-state index < -0.39 is 11.7 Å². The Bertz CT molecular complexity index is 576. The number of alkyl halides is 3. The molecule has 0 spiro atoms. The highest BCUT2D eigenvalue weighted by Crippen LogP contribution is 2.32. The molecular formula is C15H18F3N3. The summed E-state index contributed by atoms with van der Waals surface area (Å²) >= 11 is 0. The molecule has 0 radical (unpaired) electrons. The van der Waals surface area contributed by atoms with Gasteiger partial charge in [0.2, 0.25) is 0 Å². The van der Waals surface area contributed by atoms with E-state index in [1.165, 1.54) is 12.1 Å². The van der Waals surface area contributed by atoms with Crippen LogP contribution in [0.2, 0.25) is 0 Å². The molecule has 6 heteroatoms. The molecule has 0 saturated carbocycles. The maximum atomic E-state index is 13.0. The van der Waals surface area contributed by atoms with Crippen LogP contribution in [0.1, 0.15) is 23.4 Å². The lowest BCUT2D eigenvalue weighted by Gasteiger charge is -2.13. The number of aryl methyl sites for hydroxylation is 1. The van der Waals surface area contributed by atoms with Gasteiger partial charge in [-0.3, -0.25) is 0 Å². The minimum absolute atomic E-state index is 0.183. The monoisotopic (exact) mass is 297 g/mol. The van der Waals surface area contributed by atoms with Gasteiger partial charge in [-0.2, -0.15) is 13.2 Å². The first kappa shape index (κ1) is 15.6. The quantitative estimate of drug-likeness (QED) is 0.830. The van der Waals surface area contributed by atoms with Gasteiger partial charge in [0.1, 0.15) is 5.82 Å². The van der Waals surface area contributed by atoms with Gasteiger partial charge in [0.15, 0.2) is 0 Å². The summed E-state index contributed by atoms with van der Waals surface area (Å²) in [6.45, 7) is 1.60. The van der Waals surface area contributed by atoms with E-state index in [-0.39, 0.29) is 12.0 Å². The van der Waals surface area contributed by atoms with E-state index in [4.69, 9.17) is 0 Å². The molecule has 0 aliphatic heterocycles. The van der Waals surface area contributed by atoms with Crippen molar-refractivity contribution in [2.45, 2.75) is 25.6 Å². The SMILES string of the molecule is CNCCCn1ccnc1Cc1ccccc1C(F)(F)F. The van der Waals surface area contributed by atoms with Gasteiger partial charge in [0.05, 0.1) is 5.56 Å². The standard InChI is InChI=1S/C15H18F3N3/c1-19-7-4-9-21-10-8-20-14(21)11-12-5-2-3-6-13(12)15(16,17)18/h2-3,5-6,8,10,19H,4,7,9,11H2,1H3. The first-order valence-corrected chi connectivity index (χ1v) is 6.82. The normalized spacial score (nSPS) is 11.8. The fourth-order valence-corrected chi connectivity index (χ4v) is 2.26. The summed E-state index contributed by atoms with van der Waals surface area (Å²) in [6.07, 6.45) is 0.190. The fourth-order valence-electron chi connectivity index (χ4n) is 2.26. The van der Waals surface area contributed by atoms with Crippen LogP contribution in [-0.4, -0.2) is 23.1 Å². The third kappa shape index (κ3) is 4.07. The zero-order valence-corrected chi connectivity index (χ0v) is 11.8. The average molecular weight is 297 g/mol. The van der Waals surface area contributed by atoms with Crippen LogP contribution in [0.25, 0.3) is 0 Å². The number of halogens is 3. The third-order valence-electron chi connectivity index (χ3n) is 3.30. The number of rotatable bonds is 6. The van der Waals surface area contributed by atoms with Crippen LogP contribution in [0.3, 0.4) is 0 Å². The molecule has 2 aromatic rings. The largest absolute Gasteiger partial charge is 0.416 e. The van der Waals surface area contributed by atoms with Crippen LogP contribution >= 0.6 is 0 Å². The molecule has 0 fully saturated rings. The van der Waals surface area contributed by atoms with Gasteiger partial charge < -0.3 is 9.88 Å². The summed E-state index contributed by atoms with van der Waals surface area (Å²) in [5.74, 6) is 0.655. The molecule has 0 aliphatic carbocycles. The van der Waals surface area contributed by atoms with Crippen molar-refractivity contribution in [2.24, 2.45) is 0 Å². The molecule has 1 heterocycles. The number of imidazole rings is 1. The number of nitrogens with one attached hydrogen (secondary N) is 1. The fraction of sp³-hybridized carbons (Fsp3) is 0.400. The van der Waals surface area contributed by atoms with Crippen molar-refractivity contribution in [3.05, 3.63) is 53.6 Å². The third-order valence-corrected chi connectivity index (χ3v) is 3.30. The smallest absolute Gasteiger partial charge is 0.335 e. The van der Waals surface area contributed by atoms with Crippen molar-refractivity contribution < 1.29 is 13.2 Å². The highest BCUT2D eigenvalue weighted by Gasteiger charge is 2.33. The van der Waals surface area contributed by atoms with Crippen molar-refractivity contribution >= 4 is 0 Å². The molecule has 1 aromatic heterocycles. The van der Waals surface area contributed by atoms with E-state index in [1.54, 1.807) is 18.5 Å². The van der Waals surface area contributed by atoms with Gasteiger partial charge in [0, 0.05) is 25.4 Å². The average Bonchev–Trinajstić information content (AvgIpc) is 2.86. The zero-order valence-electron chi connectivity index (χ0n) is 11.8. The number of nitrogens with zero attached hydrogens (tertiary/aromatic N) is 2. The topological polar surface area (TPSA) is 29.9 Å². The van der Waals surface area contributed by atoms with Crippen LogP contribution in [0, 0.1) is 0 Å². The lowest BCUT2D eigenvalue weighted by Crippen LogP contribution is -2.14. The number of hydrogen-bond acceptors (Lipinski definition) is 2. The molecule has 2 rings (SSSR count). The maximum Gasteiger partial charge on any atom is 0.416 e. The van der Waals surface area contributed by atoms with E-state index in [1.807, 2.05) is 11.6 Å². The predicted octanol–water partition coefficient (Wildman–Crippen LogP) is 3.10. The van der Waals surface area contributed by atoms with E-state index in [0.29, 0.717) is 5.82 Å². The summed E-state index contributed by atoms with van der Waals surface area (Å²) in [6, 6.07) is 5.66. The summed E-state index contributed by atoms with van der Waals surface area (Å²) in [7, 11) is 1.87. The first-order valence-electron chi connectivity index (χ1n) is 6.82. The number of benzene rings is 1. The Morgan fingerprint density at radius 2 is 2.00 bits per heavy atom. The molecule has 0 unspecified atom stereocenters. The molecule has 0 saturated heterocycles. The lowest BCUT2D eigenvalue weighted by molar-refractivity contribution is -0.138. The van der Waals surface area contributed by atoms with Crippen molar-refractivity contribution in [1.82, 2.24) is 14.9 Å². The summed E-state index contributed by atoms with van der Waals surface area (Å²) in [5.41, 5.74) is -0.333. The lowest BCUT2D eigenvalue weighted by atomic mass is 10.0. The predicted molar refractivity (Wildman–Crippen MR) is 75.0 cm³/mol. The number of hydrogen-bond donors (Lipinski definition) is 1. The van der Waals surface area contributed by atoms with Gasteiger partial charge in [-0.1, -0.05) is 18.2 Å². The summed E-state index contributed by atoms with van der Waals surface area (Å²) in [4.78, 5) is 4.19. The van der Waals surface area contributed by atoms with Crippen molar-refractivity contribution in [1.29, 1.82) is 0 Å². The van der Waals surface area contributed by atoms with Crippen LogP contribution in [0.15, 0.2) is 36.7 Å². The van der Waals surface area contributed by atoms with Gasteiger partial charge in [-0.15, -0.1) is 0 Å². The van der Waals surface area contributed by atoms with E-state index in [9.17, 15) is 13.2 Å². The van der Waals surface area contributed by atoms with E-state index in [0.717, 1.165) is 25.6 Å². The molecule has 114 valence electrons. The molecule has 0 aliphatic rings. The van der Waals surface area contributed by atoms with E-state index in [2.05, 4.69) is 10.3 Å². The maximum absolute atomic E-state index is 13.0. The molecule has 1 aromatic carbocycles. The molecule has 0 atom stereocenters. The Hall–Kier alpha value is -1.82. The van der Waals surface area contributed by atoms with Crippen LogP contribution in [-0.2, 0) is 19.1 Å². The highest BCUT2D eigenvalue weighted by molar-refractivity contribution is 5.32. The Morgan fingerprint density at radius 3 is 2.71 bits per heavy atom. The van der Waals surface area contributed by atoms with Gasteiger partial charge >= 0.3 is 6.18 Å². The second kappa shape index (κ2) is 6.76.